The van der Waals surface area contributed by atoms with E-state index in [9.17, 15) is 9.59 Å². The van der Waals surface area contributed by atoms with Gasteiger partial charge >= 0.3 is 0 Å². The predicted molar refractivity (Wildman–Crippen MR) is 140 cm³/mol. The van der Waals surface area contributed by atoms with Gasteiger partial charge in [-0.1, -0.05) is 36.4 Å². The first-order valence-electron chi connectivity index (χ1n) is 12.6. The second-order valence-corrected chi connectivity index (χ2v) is 9.75. The van der Waals surface area contributed by atoms with Crippen LogP contribution < -0.4 is 15.5 Å². The van der Waals surface area contributed by atoms with Gasteiger partial charge in [-0.2, -0.15) is 0 Å². The normalized spacial score (nSPS) is 20.9. The van der Waals surface area contributed by atoms with Crippen LogP contribution in [0.5, 0.6) is 0 Å². The molecule has 2 bridgehead atoms. The third-order valence-electron chi connectivity index (χ3n) is 7.48. The van der Waals surface area contributed by atoms with Crippen molar-refractivity contribution in [1.29, 1.82) is 0 Å². The molecule has 0 spiro atoms. The number of carbonyl (C=O) groups excluding carboxylic acids is 2. The van der Waals surface area contributed by atoms with E-state index in [-0.39, 0.29) is 17.9 Å². The smallest absolute Gasteiger partial charge is 0.253 e. The highest BCUT2D eigenvalue weighted by Crippen LogP contribution is 2.38. The Kier molecular flexibility index (Phi) is 5.89. The van der Waals surface area contributed by atoms with Crippen molar-refractivity contribution in [2.75, 3.05) is 4.90 Å². The fraction of sp³-hybridized carbons (Fsp3) is 0.276. The molecule has 3 N–H and O–H groups in total. The Hall–Kier alpha value is -4.13. The van der Waals surface area contributed by atoms with Crippen LogP contribution in [-0.4, -0.2) is 39.9 Å². The van der Waals surface area contributed by atoms with Gasteiger partial charge < -0.3 is 20.5 Å². The molecule has 0 aliphatic carbocycles. The Balaban J connectivity index is 1.09. The SMILES string of the molecule is O=C(NCc1ccccc1)c1ccc(N2[C@@H]3CC[C@H]2C[C@@H](NC(=O)c2cccc4[nH]ccc24)C3)nc1. The number of piperidine rings is 1. The standard InChI is InChI=1S/C29H29N5O2/c35-28(32-17-19-5-2-1-3-6-19)20-9-12-27(31-18-20)34-22-10-11-23(34)16-21(15-22)33-29(36)25-7-4-8-26-24(25)13-14-30-26/h1-9,12-14,18,21-23,30H,10-11,15-17H2,(H,32,35)(H,33,36)/t21-,22+,23-. The van der Waals surface area contributed by atoms with E-state index in [4.69, 9.17) is 0 Å². The highest BCUT2D eigenvalue weighted by molar-refractivity contribution is 6.06. The maximum atomic E-state index is 13.1. The molecule has 7 heteroatoms. The fourth-order valence-corrected chi connectivity index (χ4v) is 5.77. The summed E-state index contributed by atoms with van der Waals surface area (Å²) >= 11 is 0. The van der Waals surface area contributed by atoms with Crippen LogP contribution in [0, 0.1) is 0 Å². The van der Waals surface area contributed by atoms with Crippen LogP contribution in [0.25, 0.3) is 10.9 Å². The monoisotopic (exact) mass is 479 g/mol. The van der Waals surface area contributed by atoms with Crippen LogP contribution in [0.3, 0.4) is 0 Å². The minimum absolute atomic E-state index is 0.0120. The summed E-state index contributed by atoms with van der Waals surface area (Å²) < 4.78 is 0. The summed E-state index contributed by atoms with van der Waals surface area (Å²) in [6.45, 7) is 0.489. The zero-order chi connectivity index (χ0) is 24.5. The maximum absolute atomic E-state index is 13.1. The van der Waals surface area contributed by atoms with Crippen molar-refractivity contribution in [1.82, 2.24) is 20.6 Å². The van der Waals surface area contributed by atoms with Crippen molar-refractivity contribution in [3.63, 3.8) is 0 Å². The highest BCUT2D eigenvalue weighted by Gasteiger charge is 2.41. The molecule has 4 aromatic rings. The molecule has 2 aromatic heterocycles. The Bertz CT molecular complexity index is 1370. The Morgan fingerprint density at radius 1 is 0.917 bits per heavy atom. The van der Waals surface area contributed by atoms with E-state index in [1.165, 1.54) is 0 Å². The quantitative estimate of drug-likeness (QED) is 0.382. The Morgan fingerprint density at radius 3 is 2.47 bits per heavy atom. The molecule has 2 fully saturated rings. The van der Waals surface area contributed by atoms with Crippen LogP contribution >= 0.6 is 0 Å². The molecule has 7 nitrogen and oxygen atoms in total. The zero-order valence-electron chi connectivity index (χ0n) is 20.0. The van der Waals surface area contributed by atoms with Crippen molar-refractivity contribution in [3.05, 3.63) is 95.8 Å². The lowest BCUT2D eigenvalue weighted by atomic mass is 9.96. The van der Waals surface area contributed by atoms with Gasteiger partial charge in [0.1, 0.15) is 5.82 Å². The van der Waals surface area contributed by atoms with Gasteiger partial charge in [-0.25, -0.2) is 4.98 Å². The number of pyridine rings is 1. The van der Waals surface area contributed by atoms with E-state index in [2.05, 4.69) is 25.5 Å². The molecule has 0 saturated carbocycles. The molecule has 3 atom stereocenters. The zero-order valence-corrected chi connectivity index (χ0v) is 20.0. The average molecular weight is 480 g/mol. The maximum Gasteiger partial charge on any atom is 0.253 e. The second-order valence-electron chi connectivity index (χ2n) is 9.75. The van der Waals surface area contributed by atoms with Gasteiger partial charge in [-0.3, -0.25) is 9.59 Å². The number of hydrogen-bond donors (Lipinski definition) is 3. The predicted octanol–water partition coefficient (Wildman–Crippen LogP) is 4.42. The van der Waals surface area contributed by atoms with Gasteiger partial charge in [0.2, 0.25) is 0 Å². The molecule has 2 amide bonds. The van der Waals surface area contributed by atoms with E-state index in [1.54, 1.807) is 6.20 Å². The fourth-order valence-electron chi connectivity index (χ4n) is 5.77. The van der Waals surface area contributed by atoms with E-state index in [1.807, 2.05) is 72.9 Å². The van der Waals surface area contributed by atoms with Gasteiger partial charge in [0.25, 0.3) is 11.8 Å². The van der Waals surface area contributed by atoms with E-state index in [0.717, 1.165) is 48.0 Å². The third-order valence-corrected chi connectivity index (χ3v) is 7.48. The van der Waals surface area contributed by atoms with Gasteiger partial charge in [0.05, 0.1) is 5.56 Å². The Morgan fingerprint density at radius 2 is 1.72 bits per heavy atom. The molecule has 0 radical (unpaired) electrons. The molecule has 36 heavy (non-hydrogen) atoms. The number of carbonyl (C=O) groups is 2. The topological polar surface area (TPSA) is 90.1 Å². The van der Waals surface area contributed by atoms with Crippen molar-refractivity contribution >= 4 is 28.5 Å². The molecule has 0 unspecified atom stereocenters. The number of rotatable bonds is 6. The number of aromatic nitrogens is 2. The molecule has 182 valence electrons. The number of anilines is 1. The summed E-state index contributed by atoms with van der Waals surface area (Å²) in [6, 6.07) is 22.2. The van der Waals surface area contributed by atoms with Gasteiger partial charge in [-0.15, -0.1) is 0 Å². The molecule has 2 aliphatic rings. The molecule has 2 aromatic carbocycles. The van der Waals surface area contributed by atoms with Crippen molar-refractivity contribution in [2.24, 2.45) is 0 Å². The van der Waals surface area contributed by atoms with E-state index >= 15 is 0 Å². The van der Waals surface area contributed by atoms with Crippen LogP contribution in [0.15, 0.2) is 79.1 Å². The van der Waals surface area contributed by atoms with Crippen molar-refractivity contribution in [3.8, 4) is 0 Å². The van der Waals surface area contributed by atoms with E-state index in [0.29, 0.717) is 29.8 Å². The lowest BCUT2D eigenvalue weighted by Crippen LogP contribution is -2.50. The largest absolute Gasteiger partial charge is 0.361 e. The lowest BCUT2D eigenvalue weighted by molar-refractivity contribution is 0.0926. The number of nitrogens with zero attached hydrogens (tertiary/aromatic N) is 2. The molecule has 4 heterocycles. The first kappa shape index (κ1) is 22.3. The number of aromatic amines is 1. The van der Waals surface area contributed by atoms with Crippen molar-refractivity contribution in [2.45, 2.75) is 50.4 Å². The first-order chi connectivity index (χ1) is 17.7. The molecule has 6 rings (SSSR count). The minimum atomic E-state index is -0.125. The average Bonchev–Trinajstić information content (AvgIpc) is 3.50. The number of nitrogens with one attached hydrogen (secondary N) is 3. The van der Waals surface area contributed by atoms with Crippen LogP contribution in [0.1, 0.15) is 52.0 Å². The van der Waals surface area contributed by atoms with Crippen LogP contribution in [0.4, 0.5) is 5.82 Å². The number of amides is 2. The summed E-state index contributed by atoms with van der Waals surface area (Å²) in [5, 5.41) is 7.20. The highest BCUT2D eigenvalue weighted by atomic mass is 16.2. The minimum Gasteiger partial charge on any atom is -0.361 e. The number of hydrogen-bond acceptors (Lipinski definition) is 4. The first-order valence-corrected chi connectivity index (χ1v) is 12.6. The molecule has 2 saturated heterocycles. The molecular weight excluding hydrogens is 450 g/mol. The van der Waals surface area contributed by atoms with Crippen LogP contribution in [-0.2, 0) is 6.54 Å². The van der Waals surface area contributed by atoms with Gasteiger partial charge in [-0.05, 0) is 61.6 Å². The summed E-state index contributed by atoms with van der Waals surface area (Å²) in [7, 11) is 0. The van der Waals surface area contributed by atoms with Crippen molar-refractivity contribution < 1.29 is 9.59 Å². The molecule has 2 aliphatic heterocycles. The summed E-state index contributed by atoms with van der Waals surface area (Å²) in [5.41, 5.74) is 3.31. The Labute approximate surface area is 209 Å². The van der Waals surface area contributed by atoms with Gasteiger partial charge in [0, 0.05) is 53.5 Å². The van der Waals surface area contributed by atoms with E-state index < -0.39 is 0 Å². The second kappa shape index (κ2) is 9.49. The lowest BCUT2D eigenvalue weighted by Gasteiger charge is -2.40. The number of benzene rings is 2. The number of H-pyrrole nitrogens is 1. The third kappa shape index (κ3) is 4.33. The summed E-state index contributed by atoms with van der Waals surface area (Å²) in [4.78, 5) is 35.9. The van der Waals surface area contributed by atoms with Crippen LogP contribution in [0.2, 0.25) is 0 Å². The molecular formula is C29H29N5O2. The van der Waals surface area contributed by atoms with Gasteiger partial charge in [0.15, 0.2) is 0 Å². The summed E-state index contributed by atoms with van der Waals surface area (Å²) in [6.07, 6.45) is 7.50. The summed E-state index contributed by atoms with van der Waals surface area (Å²) in [5.74, 6) is 0.769. The number of fused-ring (bicyclic) bond motifs is 3.